The third-order valence-electron chi connectivity index (χ3n) is 5.25. The smallest absolute Gasteiger partial charge is 0.303 e. The summed E-state index contributed by atoms with van der Waals surface area (Å²) in [4.78, 5) is 35.9. The summed E-state index contributed by atoms with van der Waals surface area (Å²) >= 11 is 1.23. The molecule has 9 nitrogen and oxygen atoms in total. The standard InChI is InChI=1S/C23H28O9S/c1-11(24)19-9-15-16(27-5)7-8-17(28-6)21(15)23(33-19)32-20-10-18(30-13(3)25)22(12(2)29-20)31-14(4)26/h7-9,12,18,20,22-23H,10H2,1-6H3. The number of carbonyl (C=O) groups is 3. The van der Waals surface area contributed by atoms with Gasteiger partial charge in [-0.25, -0.2) is 0 Å². The SMILES string of the molecule is COc1ccc(OC)c2c1C=C(C(C)=O)SC2OC1CC(OC(C)=O)C(OC(C)=O)C(C)O1. The Balaban J connectivity index is 1.93. The molecule has 0 amide bonds. The predicted octanol–water partition coefficient (Wildman–Crippen LogP) is 3.39. The first-order chi connectivity index (χ1) is 15.6. The number of esters is 2. The summed E-state index contributed by atoms with van der Waals surface area (Å²) in [5.41, 5.74) is 0.729. The lowest BCUT2D eigenvalue weighted by Gasteiger charge is -2.40. The fraction of sp³-hybridized carbons (Fsp3) is 0.522. The van der Waals surface area contributed by atoms with Crippen LogP contribution in [0, 0.1) is 0 Å². The molecule has 1 fully saturated rings. The number of carbonyl (C=O) groups excluding carboxylic acids is 3. The van der Waals surface area contributed by atoms with Gasteiger partial charge in [0.05, 0.1) is 25.2 Å². The third-order valence-corrected chi connectivity index (χ3v) is 6.47. The molecule has 0 saturated carbocycles. The highest BCUT2D eigenvalue weighted by atomic mass is 32.2. The minimum atomic E-state index is -0.802. The maximum absolute atomic E-state index is 12.2. The van der Waals surface area contributed by atoms with Crippen molar-refractivity contribution in [3.05, 3.63) is 28.2 Å². The average molecular weight is 481 g/mol. The minimum absolute atomic E-state index is 0.116. The highest BCUT2D eigenvalue weighted by Crippen LogP contribution is 2.50. The van der Waals surface area contributed by atoms with E-state index in [1.54, 1.807) is 39.4 Å². The van der Waals surface area contributed by atoms with Gasteiger partial charge < -0.3 is 28.4 Å². The van der Waals surface area contributed by atoms with E-state index in [0.29, 0.717) is 27.5 Å². The summed E-state index contributed by atoms with van der Waals surface area (Å²) in [6.07, 6.45) is -1.02. The summed E-state index contributed by atoms with van der Waals surface area (Å²) < 4.78 is 34.1. The van der Waals surface area contributed by atoms with Gasteiger partial charge in [-0.05, 0) is 32.1 Å². The molecular weight excluding hydrogens is 452 g/mol. The molecule has 1 aromatic carbocycles. The summed E-state index contributed by atoms with van der Waals surface area (Å²) in [5, 5.41) is 0. The molecule has 33 heavy (non-hydrogen) atoms. The molecule has 0 bridgehead atoms. The molecule has 2 aliphatic heterocycles. The molecule has 10 heteroatoms. The number of thioether (sulfide) groups is 1. The van der Waals surface area contributed by atoms with Gasteiger partial charge in [-0.1, -0.05) is 11.8 Å². The quantitative estimate of drug-likeness (QED) is 0.539. The van der Waals surface area contributed by atoms with Gasteiger partial charge in [0.2, 0.25) is 0 Å². The van der Waals surface area contributed by atoms with Gasteiger partial charge in [0.15, 0.2) is 18.2 Å². The van der Waals surface area contributed by atoms with Crippen LogP contribution in [-0.2, 0) is 33.3 Å². The highest BCUT2D eigenvalue weighted by molar-refractivity contribution is 8.04. The van der Waals surface area contributed by atoms with Crippen molar-refractivity contribution in [3.63, 3.8) is 0 Å². The Bertz CT molecular complexity index is 957. The maximum Gasteiger partial charge on any atom is 0.303 e. The van der Waals surface area contributed by atoms with Crippen LogP contribution in [0.5, 0.6) is 11.5 Å². The van der Waals surface area contributed by atoms with Crippen LogP contribution in [0.15, 0.2) is 17.0 Å². The Hall–Kier alpha value is -2.56. The zero-order chi connectivity index (χ0) is 24.3. The van der Waals surface area contributed by atoms with Crippen LogP contribution < -0.4 is 9.47 Å². The van der Waals surface area contributed by atoms with E-state index in [2.05, 4.69) is 0 Å². The zero-order valence-corrected chi connectivity index (χ0v) is 20.2. The van der Waals surface area contributed by atoms with Crippen molar-refractivity contribution in [1.82, 2.24) is 0 Å². The molecule has 1 aromatic rings. The van der Waals surface area contributed by atoms with Gasteiger partial charge in [0.25, 0.3) is 0 Å². The molecule has 0 aromatic heterocycles. The van der Waals surface area contributed by atoms with E-state index >= 15 is 0 Å². The van der Waals surface area contributed by atoms with Crippen LogP contribution in [0.3, 0.4) is 0 Å². The molecule has 5 unspecified atom stereocenters. The van der Waals surface area contributed by atoms with Gasteiger partial charge in [-0.15, -0.1) is 0 Å². The monoisotopic (exact) mass is 480 g/mol. The van der Waals surface area contributed by atoms with Crippen LogP contribution in [0.25, 0.3) is 6.08 Å². The zero-order valence-electron chi connectivity index (χ0n) is 19.4. The van der Waals surface area contributed by atoms with E-state index in [-0.39, 0.29) is 12.2 Å². The Morgan fingerprint density at radius 2 is 1.64 bits per heavy atom. The lowest BCUT2D eigenvalue weighted by Crippen LogP contribution is -2.51. The number of hydrogen-bond acceptors (Lipinski definition) is 10. The molecule has 1 saturated heterocycles. The molecular formula is C23H28O9S. The van der Waals surface area contributed by atoms with Crippen molar-refractivity contribution in [2.24, 2.45) is 0 Å². The molecule has 5 atom stereocenters. The lowest BCUT2D eigenvalue weighted by molar-refractivity contribution is -0.259. The lowest BCUT2D eigenvalue weighted by atomic mass is 10.0. The molecule has 2 aliphatic rings. The van der Waals surface area contributed by atoms with Crippen molar-refractivity contribution < 1.29 is 42.8 Å². The van der Waals surface area contributed by atoms with Crippen LogP contribution in [0.2, 0.25) is 0 Å². The van der Waals surface area contributed by atoms with Crippen molar-refractivity contribution in [3.8, 4) is 11.5 Å². The number of fused-ring (bicyclic) bond motifs is 1. The van der Waals surface area contributed by atoms with E-state index in [4.69, 9.17) is 28.4 Å². The minimum Gasteiger partial charge on any atom is -0.496 e. The van der Waals surface area contributed by atoms with E-state index in [1.165, 1.54) is 32.5 Å². The van der Waals surface area contributed by atoms with E-state index in [9.17, 15) is 14.4 Å². The normalized spacial score (nSPS) is 26.5. The van der Waals surface area contributed by atoms with Crippen LogP contribution in [0.1, 0.15) is 50.7 Å². The van der Waals surface area contributed by atoms with Crippen molar-refractivity contribution in [1.29, 1.82) is 0 Å². The molecule has 0 N–H and O–H groups in total. The molecule has 180 valence electrons. The first kappa shape index (κ1) is 25.1. The molecule has 0 radical (unpaired) electrons. The van der Waals surface area contributed by atoms with E-state index < -0.39 is 42.0 Å². The van der Waals surface area contributed by atoms with E-state index in [1.807, 2.05) is 0 Å². The number of methoxy groups -OCH3 is 2. The van der Waals surface area contributed by atoms with Gasteiger partial charge in [0, 0.05) is 31.4 Å². The number of ether oxygens (including phenoxy) is 6. The Labute approximate surface area is 196 Å². The van der Waals surface area contributed by atoms with Crippen molar-refractivity contribution in [2.75, 3.05) is 14.2 Å². The third kappa shape index (κ3) is 5.69. The van der Waals surface area contributed by atoms with Crippen molar-refractivity contribution >= 4 is 35.6 Å². The van der Waals surface area contributed by atoms with Crippen molar-refractivity contribution in [2.45, 2.75) is 64.2 Å². The van der Waals surface area contributed by atoms with Crippen LogP contribution in [0.4, 0.5) is 0 Å². The second-order valence-corrected chi connectivity index (χ2v) is 8.78. The topological polar surface area (TPSA) is 107 Å². The number of allylic oxidation sites excluding steroid dienone is 1. The van der Waals surface area contributed by atoms with Gasteiger partial charge in [-0.3, -0.25) is 14.4 Å². The Morgan fingerprint density at radius 1 is 1.00 bits per heavy atom. The fourth-order valence-electron chi connectivity index (χ4n) is 3.88. The molecule has 0 aliphatic carbocycles. The molecule has 0 spiro atoms. The summed E-state index contributed by atoms with van der Waals surface area (Å²) in [5.74, 6) is 0.0200. The average Bonchev–Trinajstić information content (AvgIpc) is 2.74. The summed E-state index contributed by atoms with van der Waals surface area (Å²) in [6, 6.07) is 3.53. The molecule has 3 rings (SSSR count). The largest absolute Gasteiger partial charge is 0.496 e. The predicted molar refractivity (Wildman–Crippen MR) is 120 cm³/mol. The fourth-order valence-corrected chi connectivity index (χ4v) is 5.00. The number of Topliss-reactive ketones (excluding diaryl/α,β-unsaturated/α-hetero) is 1. The first-order valence-corrected chi connectivity index (χ1v) is 11.3. The number of benzene rings is 1. The number of rotatable bonds is 7. The number of hydrogen-bond donors (Lipinski definition) is 0. The Kier molecular flexibility index (Phi) is 8.04. The van der Waals surface area contributed by atoms with Crippen LogP contribution in [-0.4, -0.2) is 56.5 Å². The van der Waals surface area contributed by atoms with Gasteiger partial charge in [0.1, 0.15) is 23.0 Å². The Morgan fingerprint density at radius 3 is 2.21 bits per heavy atom. The van der Waals surface area contributed by atoms with Gasteiger partial charge >= 0.3 is 11.9 Å². The second-order valence-electron chi connectivity index (χ2n) is 7.68. The number of ketones is 1. The van der Waals surface area contributed by atoms with Gasteiger partial charge in [-0.2, -0.15) is 0 Å². The van der Waals surface area contributed by atoms with E-state index in [0.717, 1.165) is 0 Å². The van der Waals surface area contributed by atoms with Crippen LogP contribution >= 0.6 is 11.8 Å². The summed E-state index contributed by atoms with van der Waals surface area (Å²) in [7, 11) is 3.10. The maximum atomic E-state index is 12.2. The summed E-state index contributed by atoms with van der Waals surface area (Å²) in [6.45, 7) is 5.76. The second kappa shape index (κ2) is 10.6. The first-order valence-electron chi connectivity index (χ1n) is 10.4. The highest BCUT2D eigenvalue weighted by Gasteiger charge is 2.43. The molecule has 2 heterocycles.